The van der Waals surface area contributed by atoms with E-state index in [4.69, 9.17) is 14.2 Å². The van der Waals surface area contributed by atoms with Crippen LogP contribution in [-0.4, -0.2) is 37.2 Å². The number of hydrogen-bond acceptors (Lipinski definition) is 6. The highest BCUT2D eigenvalue weighted by molar-refractivity contribution is 5.71. The lowest BCUT2D eigenvalue weighted by atomic mass is 10.1. The van der Waals surface area contributed by atoms with E-state index in [2.05, 4.69) is 215 Å². The minimum atomic E-state index is -0.842. The average Bonchev–Trinajstić information content (AvgIpc) is 3.50. The van der Waals surface area contributed by atoms with Crippen molar-refractivity contribution < 1.29 is 28.6 Å². The lowest BCUT2D eigenvalue weighted by Gasteiger charge is -2.18. The van der Waals surface area contributed by atoms with E-state index in [1.54, 1.807) is 0 Å². The molecule has 0 aromatic rings. The number of carbonyl (C=O) groups excluding carboxylic acids is 3. The molecule has 0 N–H and O–H groups in total. The Kier molecular flexibility index (Phi) is 63.5. The Labute approximate surface area is 509 Å². The smallest absolute Gasteiger partial charge is 0.306 e. The summed E-state index contributed by atoms with van der Waals surface area (Å²) in [5, 5.41) is 0. The number of esters is 3. The van der Waals surface area contributed by atoms with Crippen LogP contribution in [-0.2, 0) is 28.6 Å². The third kappa shape index (κ3) is 66.7. The summed E-state index contributed by atoms with van der Waals surface area (Å²) in [5.41, 5.74) is 0. The first-order valence-corrected chi connectivity index (χ1v) is 32.6. The number of allylic oxidation sites excluding steroid dienone is 34. The van der Waals surface area contributed by atoms with Crippen molar-refractivity contribution in [2.45, 2.75) is 245 Å². The maximum Gasteiger partial charge on any atom is 0.306 e. The summed E-state index contributed by atoms with van der Waals surface area (Å²) in [6.07, 6.45) is 105. The Balaban J connectivity index is 4.60. The summed E-state index contributed by atoms with van der Waals surface area (Å²) in [7, 11) is 0. The van der Waals surface area contributed by atoms with Gasteiger partial charge in [-0.3, -0.25) is 14.4 Å². The molecule has 1 unspecified atom stereocenters. The van der Waals surface area contributed by atoms with Crippen LogP contribution in [0.4, 0.5) is 0 Å². The number of unbranched alkanes of at least 4 members (excludes halogenated alkanes) is 11. The van der Waals surface area contributed by atoms with E-state index in [9.17, 15) is 14.4 Å². The molecule has 0 spiro atoms. The van der Waals surface area contributed by atoms with Gasteiger partial charge in [-0.15, -0.1) is 0 Å². The minimum Gasteiger partial charge on any atom is -0.462 e. The zero-order chi connectivity index (χ0) is 59.9. The van der Waals surface area contributed by atoms with Crippen LogP contribution < -0.4 is 0 Å². The van der Waals surface area contributed by atoms with Crippen LogP contribution in [0.3, 0.4) is 0 Å². The Bertz CT molecular complexity index is 2030. The second-order valence-corrected chi connectivity index (χ2v) is 20.5. The third-order valence-corrected chi connectivity index (χ3v) is 12.8. The summed E-state index contributed by atoms with van der Waals surface area (Å²) >= 11 is 0. The first-order chi connectivity index (χ1) is 41.0. The Hall–Kier alpha value is -6.01. The van der Waals surface area contributed by atoms with Gasteiger partial charge in [-0.1, -0.05) is 272 Å². The van der Waals surface area contributed by atoms with Crippen molar-refractivity contribution in [3.05, 3.63) is 207 Å². The summed E-state index contributed by atoms with van der Waals surface area (Å²) in [4.78, 5) is 38.4. The molecule has 0 aromatic heterocycles. The van der Waals surface area contributed by atoms with E-state index in [0.717, 1.165) is 180 Å². The van der Waals surface area contributed by atoms with Gasteiger partial charge in [0.1, 0.15) is 13.2 Å². The fourth-order valence-corrected chi connectivity index (χ4v) is 8.03. The van der Waals surface area contributed by atoms with Crippen molar-refractivity contribution in [2.75, 3.05) is 13.2 Å². The Morgan fingerprint density at radius 1 is 0.241 bits per heavy atom. The number of carbonyl (C=O) groups is 3. The first-order valence-electron chi connectivity index (χ1n) is 32.6. The van der Waals surface area contributed by atoms with Gasteiger partial charge in [0, 0.05) is 19.3 Å². The van der Waals surface area contributed by atoms with Crippen molar-refractivity contribution >= 4 is 17.9 Å². The molecule has 6 nitrogen and oxygen atoms in total. The number of rotatable bonds is 56. The van der Waals surface area contributed by atoms with Gasteiger partial charge in [0.05, 0.1) is 0 Å². The molecule has 0 rings (SSSR count). The van der Waals surface area contributed by atoms with Crippen LogP contribution in [0.15, 0.2) is 207 Å². The van der Waals surface area contributed by atoms with E-state index in [1.807, 2.05) is 12.2 Å². The van der Waals surface area contributed by atoms with Gasteiger partial charge in [-0.25, -0.2) is 0 Å². The normalized spacial score (nSPS) is 13.5. The van der Waals surface area contributed by atoms with Crippen molar-refractivity contribution in [2.24, 2.45) is 0 Å². The molecule has 0 radical (unpaired) electrons. The maximum atomic E-state index is 12.9. The second kappa shape index (κ2) is 68.5. The first kappa shape index (κ1) is 77.0. The van der Waals surface area contributed by atoms with Gasteiger partial charge in [-0.2, -0.15) is 0 Å². The predicted molar refractivity (Wildman–Crippen MR) is 361 cm³/mol. The lowest BCUT2D eigenvalue weighted by Crippen LogP contribution is -2.30. The van der Waals surface area contributed by atoms with Crippen LogP contribution in [0.1, 0.15) is 239 Å². The van der Waals surface area contributed by atoms with E-state index >= 15 is 0 Å². The van der Waals surface area contributed by atoms with Gasteiger partial charge >= 0.3 is 17.9 Å². The lowest BCUT2D eigenvalue weighted by molar-refractivity contribution is -0.166. The quantitative estimate of drug-likeness (QED) is 0.0261. The van der Waals surface area contributed by atoms with Crippen LogP contribution in [0.2, 0.25) is 0 Å². The number of ether oxygens (including phenoxy) is 3. The Morgan fingerprint density at radius 3 is 0.747 bits per heavy atom. The third-order valence-electron chi connectivity index (χ3n) is 12.8. The standard InChI is InChI=1S/C77H116O6/c1-4-7-10-13-16-19-22-25-28-31-34-36-37-38-39-41-43-46-49-52-55-58-61-64-67-70-76(79)82-73-74(72-81-75(78)69-66-63-60-57-54-51-48-45-42-33-30-27-24-21-18-15-12-9-6-3)83-77(80)71-68-65-62-59-56-53-50-47-44-40-35-32-29-26-23-20-17-14-11-8-5-2/h7-12,16-21,25-30,34-36,38-40,42-43,45-47,50-51,54,60,63,74H,4-6,13-15,22-24,31-33,37,41,44,48-49,52-53,55-59,61-62,64-73H2,1-3H3/b10-7-,11-8-,12-9-,19-16-,20-17-,21-18-,28-25-,29-26-,30-27-,36-34-,39-38-,40-35-,45-42-,46-43-,50-47-,54-51-,63-60-. The molecular weight excluding hydrogens is 1020 g/mol. The molecule has 0 aliphatic heterocycles. The van der Waals surface area contributed by atoms with Crippen molar-refractivity contribution in [3.8, 4) is 0 Å². The summed E-state index contributed by atoms with van der Waals surface area (Å²) in [6.45, 7) is 6.19. The molecule has 0 aliphatic rings. The van der Waals surface area contributed by atoms with Crippen LogP contribution >= 0.6 is 0 Å². The summed E-state index contributed by atoms with van der Waals surface area (Å²) < 4.78 is 16.8. The highest BCUT2D eigenvalue weighted by atomic mass is 16.6. The largest absolute Gasteiger partial charge is 0.462 e. The molecule has 0 saturated carbocycles. The molecule has 460 valence electrons. The van der Waals surface area contributed by atoms with Gasteiger partial charge in [0.25, 0.3) is 0 Å². The highest BCUT2D eigenvalue weighted by Gasteiger charge is 2.19. The number of hydrogen-bond donors (Lipinski definition) is 0. The van der Waals surface area contributed by atoms with Crippen molar-refractivity contribution in [1.82, 2.24) is 0 Å². The molecule has 0 fully saturated rings. The van der Waals surface area contributed by atoms with E-state index in [0.29, 0.717) is 12.8 Å². The van der Waals surface area contributed by atoms with Crippen molar-refractivity contribution in [1.29, 1.82) is 0 Å². The van der Waals surface area contributed by atoms with Crippen LogP contribution in [0.25, 0.3) is 0 Å². The van der Waals surface area contributed by atoms with Gasteiger partial charge in [-0.05, 0) is 154 Å². The molecule has 6 heteroatoms. The molecule has 0 aliphatic carbocycles. The van der Waals surface area contributed by atoms with Crippen LogP contribution in [0.5, 0.6) is 0 Å². The second-order valence-electron chi connectivity index (χ2n) is 20.5. The molecular formula is C77H116O6. The monoisotopic (exact) mass is 1140 g/mol. The van der Waals surface area contributed by atoms with Crippen molar-refractivity contribution in [3.63, 3.8) is 0 Å². The topological polar surface area (TPSA) is 78.9 Å². The molecule has 0 amide bonds. The fraction of sp³-hybridized carbons (Fsp3) is 0.519. The molecule has 0 heterocycles. The molecule has 0 aromatic carbocycles. The summed E-state index contributed by atoms with van der Waals surface area (Å²) in [6, 6.07) is 0. The SMILES string of the molecule is CC/C=C\C/C=C\C/C=C\C/C=C\C/C=C\C/C=C\CCCCCCCCC(=O)OCC(COC(=O)CC/C=C\C/C=C\C/C=C\C/C=C\C/C=C\C/C=C\CC)OC(=O)CCCCCCC/C=C\C/C=C\C/C=C\C/C=C\C/C=C\CC. The molecule has 0 bridgehead atoms. The van der Waals surface area contributed by atoms with Gasteiger partial charge in [0.15, 0.2) is 6.10 Å². The van der Waals surface area contributed by atoms with Gasteiger partial charge in [0.2, 0.25) is 0 Å². The van der Waals surface area contributed by atoms with E-state index < -0.39 is 6.10 Å². The maximum absolute atomic E-state index is 12.9. The summed E-state index contributed by atoms with van der Waals surface area (Å²) in [5.74, 6) is -1.06. The van der Waals surface area contributed by atoms with E-state index in [-0.39, 0.29) is 44.0 Å². The van der Waals surface area contributed by atoms with Crippen LogP contribution in [0, 0.1) is 0 Å². The molecule has 1 atom stereocenters. The van der Waals surface area contributed by atoms with Gasteiger partial charge < -0.3 is 14.2 Å². The fourth-order valence-electron chi connectivity index (χ4n) is 8.03. The minimum absolute atomic E-state index is 0.130. The highest BCUT2D eigenvalue weighted by Crippen LogP contribution is 2.13. The van der Waals surface area contributed by atoms with E-state index in [1.165, 1.54) is 12.8 Å². The Morgan fingerprint density at radius 2 is 0.458 bits per heavy atom. The molecule has 0 saturated heterocycles. The zero-order valence-electron chi connectivity index (χ0n) is 52.6. The zero-order valence-corrected chi connectivity index (χ0v) is 52.6. The predicted octanol–water partition coefficient (Wildman–Crippen LogP) is 22.8. The molecule has 83 heavy (non-hydrogen) atoms. The average molecular weight is 1140 g/mol.